The molecule has 1 saturated heterocycles. The molecule has 0 aliphatic carbocycles. The van der Waals surface area contributed by atoms with E-state index in [0.717, 1.165) is 4.31 Å². The van der Waals surface area contributed by atoms with Crippen molar-refractivity contribution >= 4 is 19.9 Å². The zero-order chi connectivity index (χ0) is 13.3. The van der Waals surface area contributed by atoms with E-state index < -0.39 is 31.2 Å². The van der Waals surface area contributed by atoms with Gasteiger partial charge in [-0.2, -0.15) is 9.57 Å². The summed E-state index contributed by atoms with van der Waals surface area (Å²) in [5.41, 5.74) is 0. The number of sulfonamides is 1. The Bertz CT molecular complexity index is 518. The van der Waals surface area contributed by atoms with Crippen LogP contribution >= 0.6 is 0 Å². The van der Waals surface area contributed by atoms with Crippen LogP contribution in [0.1, 0.15) is 19.8 Å². The lowest BCUT2D eigenvalue weighted by molar-refractivity contribution is 0.390. The van der Waals surface area contributed by atoms with E-state index in [0.29, 0.717) is 6.42 Å². The largest absolute Gasteiger partial charge is 0.230 e. The van der Waals surface area contributed by atoms with Gasteiger partial charge in [0.05, 0.1) is 17.6 Å². The lowest BCUT2D eigenvalue weighted by Crippen LogP contribution is -2.42. The predicted octanol–water partition coefficient (Wildman–Crippen LogP) is -0.263. The summed E-state index contributed by atoms with van der Waals surface area (Å²) in [4.78, 5) is 0. The Labute approximate surface area is 102 Å². The molecule has 0 bridgehead atoms. The third-order valence-electron chi connectivity index (χ3n) is 3.00. The summed E-state index contributed by atoms with van der Waals surface area (Å²) in [5, 5.41) is 7.68. The third kappa shape index (κ3) is 2.97. The van der Waals surface area contributed by atoms with Gasteiger partial charge < -0.3 is 0 Å². The summed E-state index contributed by atoms with van der Waals surface area (Å²) < 4.78 is 47.6. The minimum atomic E-state index is -3.73. The Morgan fingerprint density at radius 2 is 2.12 bits per heavy atom. The Morgan fingerprint density at radius 3 is 2.47 bits per heavy atom. The maximum absolute atomic E-state index is 12.0. The van der Waals surface area contributed by atoms with Crippen LogP contribution in [0.4, 0.5) is 0 Å². The Morgan fingerprint density at radius 1 is 1.53 bits per heavy atom. The van der Waals surface area contributed by atoms with Crippen molar-refractivity contribution in [3.05, 3.63) is 0 Å². The molecule has 0 amide bonds. The number of nitriles is 1. The monoisotopic (exact) mass is 280 g/mol. The predicted molar refractivity (Wildman–Crippen MR) is 63.4 cm³/mol. The first-order valence-corrected chi connectivity index (χ1v) is 8.64. The summed E-state index contributed by atoms with van der Waals surface area (Å²) in [6.07, 6.45) is 0.503. The van der Waals surface area contributed by atoms with E-state index in [9.17, 15) is 16.8 Å². The molecule has 2 atom stereocenters. The molecule has 0 N–H and O–H groups in total. The zero-order valence-corrected chi connectivity index (χ0v) is 11.5. The fraction of sp³-hybridized carbons (Fsp3) is 0.889. The summed E-state index contributed by atoms with van der Waals surface area (Å²) in [5.74, 6) is -0.133. The van der Waals surface area contributed by atoms with E-state index in [4.69, 9.17) is 5.26 Å². The molecule has 1 aliphatic rings. The number of hydrogen-bond acceptors (Lipinski definition) is 5. The first kappa shape index (κ1) is 14.4. The molecule has 8 heteroatoms. The van der Waals surface area contributed by atoms with Gasteiger partial charge in [-0.15, -0.1) is 0 Å². The first-order chi connectivity index (χ1) is 7.74. The molecule has 17 heavy (non-hydrogen) atoms. The van der Waals surface area contributed by atoms with Crippen LogP contribution in [0.15, 0.2) is 0 Å². The Hall–Kier alpha value is -0.650. The van der Waals surface area contributed by atoms with Crippen molar-refractivity contribution in [2.75, 3.05) is 18.6 Å². The molecule has 0 radical (unpaired) electrons. The lowest BCUT2D eigenvalue weighted by atomic mass is 10.3. The summed E-state index contributed by atoms with van der Waals surface area (Å²) in [6.45, 7) is 1.62. The third-order valence-corrected chi connectivity index (χ3v) is 7.01. The van der Waals surface area contributed by atoms with E-state index in [-0.39, 0.29) is 17.9 Å². The maximum atomic E-state index is 12.0. The topological polar surface area (TPSA) is 95.3 Å². The Kier molecular flexibility index (Phi) is 4.17. The fourth-order valence-corrected chi connectivity index (χ4v) is 5.26. The normalized spacial score (nSPS) is 25.6. The average molecular weight is 280 g/mol. The Balaban J connectivity index is 2.92. The highest BCUT2D eigenvalue weighted by molar-refractivity contribution is 7.92. The van der Waals surface area contributed by atoms with Gasteiger partial charge in [-0.1, -0.05) is 6.92 Å². The lowest BCUT2D eigenvalue weighted by Gasteiger charge is -2.24. The fourth-order valence-electron chi connectivity index (χ4n) is 1.84. The number of sulfone groups is 1. The highest BCUT2D eigenvalue weighted by atomic mass is 32.2. The molecule has 0 spiro atoms. The molecule has 0 aromatic rings. The van der Waals surface area contributed by atoms with Crippen LogP contribution in [0, 0.1) is 11.3 Å². The second-order valence-electron chi connectivity index (χ2n) is 4.14. The van der Waals surface area contributed by atoms with Crippen molar-refractivity contribution < 1.29 is 16.8 Å². The SMILES string of the molecule is CCC(C#N)S(=O)(=O)N(C)C1CCS(=O)(=O)C1. The second kappa shape index (κ2) is 4.92. The van der Waals surface area contributed by atoms with E-state index >= 15 is 0 Å². The average Bonchev–Trinajstić information content (AvgIpc) is 2.59. The highest BCUT2D eigenvalue weighted by Crippen LogP contribution is 2.21. The number of hydrogen-bond donors (Lipinski definition) is 0. The molecule has 1 rings (SSSR count). The molecule has 1 fully saturated rings. The highest BCUT2D eigenvalue weighted by Gasteiger charge is 2.38. The van der Waals surface area contributed by atoms with Gasteiger partial charge in [0.2, 0.25) is 10.0 Å². The number of rotatable bonds is 4. The van der Waals surface area contributed by atoms with Crippen molar-refractivity contribution in [1.29, 1.82) is 5.26 Å². The van der Waals surface area contributed by atoms with Crippen molar-refractivity contribution in [3.63, 3.8) is 0 Å². The molecule has 0 saturated carbocycles. The molecule has 6 nitrogen and oxygen atoms in total. The first-order valence-electron chi connectivity index (χ1n) is 5.31. The van der Waals surface area contributed by atoms with Crippen LogP contribution in [-0.2, 0) is 19.9 Å². The van der Waals surface area contributed by atoms with Gasteiger partial charge >= 0.3 is 0 Å². The summed E-state index contributed by atoms with van der Waals surface area (Å²) >= 11 is 0. The van der Waals surface area contributed by atoms with Crippen LogP contribution in [-0.4, -0.2) is 51.0 Å². The smallest absolute Gasteiger partial charge is 0.229 e. The van der Waals surface area contributed by atoms with Gasteiger partial charge in [-0.25, -0.2) is 16.8 Å². The standard InChI is InChI=1S/C9H16N2O4S2/c1-3-9(6-10)17(14,15)11(2)8-4-5-16(12,13)7-8/h8-9H,3-5,7H2,1-2H3. The van der Waals surface area contributed by atoms with E-state index in [1.165, 1.54) is 7.05 Å². The van der Waals surface area contributed by atoms with Crippen LogP contribution in [0.2, 0.25) is 0 Å². The molecule has 0 aromatic heterocycles. The van der Waals surface area contributed by atoms with E-state index in [1.807, 2.05) is 0 Å². The quantitative estimate of drug-likeness (QED) is 0.707. The van der Waals surface area contributed by atoms with E-state index in [2.05, 4.69) is 0 Å². The van der Waals surface area contributed by atoms with Gasteiger partial charge in [0.1, 0.15) is 0 Å². The van der Waals surface area contributed by atoms with Gasteiger partial charge in [0.15, 0.2) is 15.1 Å². The second-order valence-corrected chi connectivity index (χ2v) is 8.55. The van der Waals surface area contributed by atoms with Crippen LogP contribution in [0.3, 0.4) is 0 Å². The van der Waals surface area contributed by atoms with Gasteiger partial charge in [0, 0.05) is 13.1 Å². The van der Waals surface area contributed by atoms with Crippen LogP contribution in [0.5, 0.6) is 0 Å². The summed E-state index contributed by atoms with van der Waals surface area (Å²) in [7, 11) is -5.51. The van der Waals surface area contributed by atoms with Crippen molar-refractivity contribution in [2.45, 2.75) is 31.1 Å². The van der Waals surface area contributed by atoms with Crippen LogP contribution in [0.25, 0.3) is 0 Å². The zero-order valence-electron chi connectivity index (χ0n) is 9.83. The molecule has 1 heterocycles. The molecule has 2 unspecified atom stereocenters. The van der Waals surface area contributed by atoms with Gasteiger partial charge in [0.25, 0.3) is 0 Å². The summed E-state index contributed by atoms with van der Waals surface area (Å²) in [6, 6.07) is 1.20. The van der Waals surface area contributed by atoms with Crippen molar-refractivity contribution in [1.82, 2.24) is 4.31 Å². The molecule has 98 valence electrons. The number of nitrogens with zero attached hydrogens (tertiary/aromatic N) is 2. The van der Waals surface area contributed by atoms with Crippen LogP contribution < -0.4 is 0 Å². The minimum Gasteiger partial charge on any atom is -0.229 e. The molecule has 0 aromatic carbocycles. The molecule has 1 aliphatic heterocycles. The molecular formula is C9H16N2O4S2. The van der Waals surface area contributed by atoms with E-state index in [1.54, 1.807) is 13.0 Å². The van der Waals surface area contributed by atoms with Gasteiger partial charge in [-0.05, 0) is 12.8 Å². The van der Waals surface area contributed by atoms with Crippen molar-refractivity contribution in [2.24, 2.45) is 0 Å². The van der Waals surface area contributed by atoms with Gasteiger partial charge in [-0.3, -0.25) is 0 Å². The maximum Gasteiger partial charge on any atom is 0.230 e. The van der Waals surface area contributed by atoms with Crippen molar-refractivity contribution in [3.8, 4) is 6.07 Å². The molecular weight excluding hydrogens is 264 g/mol. The minimum absolute atomic E-state index is 0.0148.